The molecule has 6 nitrogen and oxygen atoms in total. The van der Waals surface area contributed by atoms with E-state index in [1.807, 2.05) is 13.8 Å². The van der Waals surface area contributed by atoms with Crippen molar-refractivity contribution in [1.82, 2.24) is 9.62 Å². The van der Waals surface area contributed by atoms with E-state index in [9.17, 15) is 18.3 Å². The van der Waals surface area contributed by atoms with Crippen LogP contribution in [0, 0.1) is 5.92 Å². The Morgan fingerprint density at radius 1 is 1.50 bits per heavy atom. The van der Waals surface area contributed by atoms with Crippen molar-refractivity contribution in [3.8, 4) is 0 Å². The van der Waals surface area contributed by atoms with Gasteiger partial charge in [0.25, 0.3) is 0 Å². The van der Waals surface area contributed by atoms with Gasteiger partial charge in [-0.15, -0.1) is 0 Å². The number of hydrogen-bond acceptors (Lipinski definition) is 4. The molecule has 2 unspecified atom stereocenters. The van der Waals surface area contributed by atoms with Crippen LogP contribution >= 0.6 is 0 Å². The summed E-state index contributed by atoms with van der Waals surface area (Å²) in [4.78, 5) is 12.1. The van der Waals surface area contributed by atoms with Gasteiger partial charge in [-0.3, -0.25) is 4.79 Å². The van der Waals surface area contributed by atoms with Crippen LogP contribution in [0.25, 0.3) is 0 Å². The van der Waals surface area contributed by atoms with E-state index in [1.54, 1.807) is 6.92 Å². The predicted octanol–water partition coefficient (Wildman–Crippen LogP) is 0.324. The Kier molecular flexibility index (Phi) is 5.57. The van der Waals surface area contributed by atoms with Crippen molar-refractivity contribution in [3.63, 3.8) is 0 Å². The van der Waals surface area contributed by atoms with E-state index in [2.05, 4.69) is 5.32 Å². The third-order valence-corrected chi connectivity index (χ3v) is 4.71. The molecule has 0 saturated carbocycles. The maximum atomic E-state index is 12.1. The van der Waals surface area contributed by atoms with E-state index < -0.39 is 21.7 Å². The molecule has 2 N–H and O–H groups in total. The molecule has 1 saturated heterocycles. The Morgan fingerprint density at radius 3 is 2.60 bits per heavy atom. The molecular formula is C13H26N2O4S. The van der Waals surface area contributed by atoms with Gasteiger partial charge in [0.05, 0.1) is 11.9 Å². The molecule has 0 aromatic carbocycles. The van der Waals surface area contributed by atoms with Crippen molar-refractivity contribution in [2.24, 2.45) is 5.92 Å². The van der Waals surface area contributed by atoms with E-state index in [1.165, 1.54) is 4.31 Å². The quantitative estimate of drug-likeness (QED) is 0.740. The highest BCUT2D eigenvalue weighted by atomic mass is 32.2. The third kappa shape index (κ3) is 5.03. The standard InChI is InChI=1S/C13H26N2O4S/c1-10(2)8-13(3,17)9-14-12(16)11-6-5-7-15(11)20(4,18)19/h10-11,17H,5-9H2,1-4H3,(H,14,16). The van der Waals surface area contributed by atoms with Crippen LogP contribution in [0.5, 0.6) is 0 Å². The minimum atomic E-state index is -3.36. The fourth-order valence-corrected chi connectivity index (χ4v) is 3.87. The molecule has 0 aromatic heterocycles. The van der Waals surface area contributed by atoms with Crippen molar-refractivity contribution in [3.05, 3.63) is 0 Å². The first-order chi connectivity index (χ1) is 9.03. The molecule has 0 aromatic rings. The molecule has 1 heterocycles. The summed E-state index contributed by atoms with van der Waals surface area (Å²) in [5.74, 6) is -0.00198. The van der Waals surface area contributed by atoms with Gasteiger partial charge in [0, 0.05) is 13.1 Å². The largest absolute Gasteiger partial charge is 0.388 e. The Balaban J connectivity index is 2.59. The molecule has 0 spiro atoms. The lowest BCUT2D eigenvalue weighted by Crippen LogP contribution is -2.49. The fourth-order valence-electron chi connectivity index (χ4n) is 2.75. The summed E-state index contributed by atoms with van der Waals surface area (Å²) in [7, 11) is -3.36. The van der Waals surface area contributed by atoms with Crippen LogP contribution < -0.4 is 5.32 Å². The Labute approximate surface area is 121 Å². The van der Waals surface area contributed by atoms with Gasteiger partial charge in [-0.2, -0.15) is 4.31 Å². The summed E-state index contributed by atoms with van der Waals surface area (Å²) in [6.45, 7) is 6.20. The number of rotatable bonds is 6. The number of carbonyl (C=O) groups is 1. The first-order valence-electron chi connectivity index (χ1n) is 7.00. The van der Waals surface area contributed by atoms with Gasteiger partial charge in [-0.1, -0.05) is 13.8 Å². The van der Waals surface area contributed by atoms with E-state index in [4.69, 9.17) is 0 Å². The smallest absolute Gasteiger partial charge is 0.238 e. The molecule has 1 aliphatic rings. The molecule has 1 fully saturated rings. The number of nitrogens with one attached hydrogen (secondary N) is 1. The summed E-state index contributed by atoms with van der Waals surface area (Å²) >= 11 is 0. The summed E-state index contributed by atoms with van der Waals surface area (Å²) < 4.78 is 24.4. The monoisotopic (exact) mass is 306 g/mol. The number of aliphatic hydroxyl groups is 1. The lowest BCUT2D eigenvalue weighted by atomic mass is 9.94. The number of hydrogen-bond donors (Lipinski definition) is 2. The van der Waals surface area contributed by atoms with Crippen LogP contribution in [0.4, 0.5) is 0 Å². The lowest BCUT2D eigenvalue weighted by molar-refractivity contribution is -0.125. The molecule has 0 radical (unpaired) electrons. The normalized spacial score (nSPS) is 23.8. The summed E-state index contributed by atoms with van der Waals surface area (Å²) in [6, 6.07) is -0.639. The number of nitrogens with zero attached hydrogens (tertiary/aromatic N) is 1. The third-order valence-electron chi connectivity index (χ3n) is 3.42. The predicted molar refractivity (Wildman–Crippen MR) is 77.7 cm³/mol. The zero-order valence-corrected chi connectivity index (χ0v) is 13.5. The van der Waals surface area contributed by atoms with Crippen LogP contribution in [0.1, 0.15) is 40.0 Å². The average molecular weight is 306 g/mol. The molecule has 1 amide bonds. The maximum Gasteiger partial charge on any atom is 0.238 e. The van der Waals surface area contributed by atoms with Crippen molar-refractivity contribution >= 4 is 15.9 Å². The van der Waals surface area contributed by atoms with Crippen LogP contribution in [0.3, 0.4) is 0 Å². The van der Waals surface area contributed by atoms with E-state index >= 15 is 0 Å². The van der Waals surface area contributed by atoms with Crippen LogP contribution in [0.15, 0.2) is 0 Å². The van der Waals surface area contributed by atoms with E-state index in [0.29, 0.717) is 31.7 Å². The molecule has 118 valence electrons. The summed E-state index contributed by atoms with van der Waals surface area (Å²) in [5.41, 5.74) is -0.974. The molecule has 0 aliphatic carbocycles. The zero-order chi connectivity index (χ0) is 15.6. The number of carbonyl (C=O) groups excluding carboxylic acids is 1. The Morgan fingerprint density at radius 2 is 2.10 bits per heavy atom. The SMILES string of the molecule is CC(C)CC(C)(O)CNC(=O)C1CCCN1S(C)(=O)=O. The van der Waals surface area contributed by atoms with Gasteiger partial charge in [0.15, 0.2) is 0 Å². The van der Waals surface area contributed by atoms with Crippen molar-refractivity contribution < 1.29 is 18.3 Å². The topological polar surface area (TPSA) is 86.7 Å². The Bertz CT molecular complexity index is 445. The van der Waals surface area contributed by atoms with Gasteiger partial charge >= 0.3 is 0 Å². The molecule has 20 heavy (non-hydrogen) atoms. The minimum absolute atomic E-state index is 0.137. The van der Waals surface area contributed by atoms with Crippen molar-refractivity contribution in [1.29, 1.82) is 0 Å². The van der Waals surface area contributed by atoms with Crippen LogP contribution in [0.2, 0.25) is 0 Å². The van der Waals surface area contributed by atoms with Gasteiger partial charge in [-0.05, 0) is 32.1 Å². The van der Waals surface area contributed by atoms with Gasteiger partial charge in [0.2, 0.25) is 15.9 Å². The first kappa shape index (κ1) is 17.4. The molecule has 2 atom stereocenters. The maximum absolute atomic E-state index is 12.1. The van der Waals surface area contributed by atoms with Gasteiger partial charge in [-0.25, -0.2) is 8.42 Å². The number of amides is 1. The van der Waals surface area contributed by atoms with Crippen LogP contribution in [-0.2, 0) is 14.8 Å². The first-order valence-corrected chi connectivity index (χ1v) is 8.85. The average Bonchev–Trinajstić information content (AvgIpc) is 2.72. The zero-order valence-electron chi connectivity index (χ0n) is 12.7. The molecule has 7 heteroatoms. The molecular weight excluding hydrogens is 280 g/mol. The van der Waals surface area contributed by atoms with Crippen molar-refractivity contribution in [2.45, 2.75) is 51.7 Å². The highest BCUT2D eigenvalue weighted by molar-refractivity contribution is 7.88. The van der Waals surface area contributed by atoms with Gasteiger partial charge < -0.3 is 10.4 Å². The fraction of sp³-hybridized carbons (Fsp3) is 0.923. The number of sulfonamides is 1. The van der Waals surface area contributed by atoms with Gasteiger partial charge in [0.1, 0.15) is 6.04 Å². The second-order valence-corrected chi connectivity index (χ2v) is 8.28. The summed E-state index contributed by atoms with van der Waals surface area (Å²) in [6.07, 6.45) is 2.92. The van der Waals surface area contributed by atoms with E-state index in [-0.39, 0.29) is 12.5 Å². The lowest BCUT2D eigenvalue weighted by Gasteiger charge is -2.27. The highest BCUT2D eigenvalue weighted by Crippen LogP contribution is 2.21. The van der Waals surface area contributed by atoms with Crippen LogP contribution in [-0.4, -0.2) is 54.7 Å². The summed E-state index contributed by atoms with van der Waals surface area (Å²) in [5, 5.41) is 12.8. The molecule has 0 bridgehead atoms. The highest BCUT2D eigenvalue weighted by Gasteiger charge is 2.37. The Hall–Kier alpha value is -0.660. The molecule has 1 rings (SSSR count). The minimum Gasteiger partial charge on any atom is -0.388 e. The van der Waals surface area contributed by atoms with E-state index in [0.717, 1.165) is 6.26 Å². The second-order valence-electron chi connectivity index (χ2n) is 6.34. The molecule has 1 aliphatic heterocycles. The van der Waals surface area contributed by atoms with Crippen molar-refractivity contribution in [2.75, 3.05) is 19.3 Å². The second kappa shape index (κ2) is 6.41.